The molecule has 3 rings (SSSR count). The van der Waals surface area contributed by atoms with E-state index in [-0.39, 0.29) is 5.88 Å². The quantitative estimate of drug-likeness (QED) is 0.679. The Morgan fingerprint density at radius 3 is 2.34 bits per heavy atom. The molecular formula is C21H23FN4O3. The number of ether oxygens (including phenoxy) is 2. The molecule has 3 aromatic rings. The SMILES string of the molecule is COc1ncncc1C(O)(c1ccc(-c2ccc(OCF)cn2)cn1)C(C)(C)C. The van der Waals surface area contributed by atoms with Crippen LogP contribution in [-0.4, -0.2) is 39.0 Å². The molecule has 3 heterocycles. The maximum absolute atomic E-state index is 12.2. The van der Waals surface area contributed by atoms with Crippen molar-refractivity contribution >= 4 is 0 Å². The Morgan fingerprint density at radius 1 is 1.00 bits per heavy atom. The zero-order chi connectivity index (χ0) is 21.1. The van der Waals surface area contributed by atoms with Gasteiger partial charge in [-0.2, -0.15) is 0 Å². The van der Waals surface area contributed by atoms with Crippen molar-refractivity contribution in [1.29, 1.82) is 0 Å². The molecule has 1 unspecified atom stereocenters. The minimum atomic E-state index is -1.50. The maximum Gasteiger partial charge on any atom is 0.228 e. The van der Waals surface area contributed by atoms with Gasteiger partial charge in [-0.3, -0.25) is 9.97 Å². The van der Waals surface area contributed by atoms with Crippen LogP contribution in [0, 0.1) is 5.41 Å². The first-order chi connectivity index (χ1) is 13.8. The first-order valence-electron chi connectivity index (χ1n) is 9.00. The van der Waals surface area contributed by atoms with Crippen molar-refractivity contribution < 1.29 is 19.0 Å². The third kappa shape index (κ3) is 3.88. The zero-order valence-electron chi connectivity index (χ0n) is 16.8. The van der Waals surface area contributed by atoms with Crippen molar-refractivity contribution in [2.75, 3.05) is 14.0 Å². The van der Waals surface area contributed by atoms with Crippen LogP contribution in [0.3, 0.4) is 0 Å². The standard InChI is InChI=1S/C21H23FN4O3/c1-20(2,3)21(27,16-11-23-13-26-19(16)28-4)18-8-5-14(9-25-18)17-7-6-15(10-24-17)29-12-22/h5-11,13,27H,12H2,1-4H3. The van der Waals surface area contributed by atoms with Crippen LogP contribution < -0.4 is 9.47 Å². The predicted molar refractivity (Wildman–Crippen MR) is 105 cm³/mol. The molecule has 3 aromatic heterocycles. The summed E-state index contributed by atoms with van der Waals surface area (Å²) in [5.74, 6) is 0.632. The summed E-state index contributed by atoms with van der Waals surface area (Å²) in [6.45, 7) is 4.80. The van der Waals surface area contributed by atoms with Gasteiger partial charge in [0, 0.05) is 23.4 Å². The number of aromatic nitrogens is 4. The summed E-state index contributed by atoms with van der Waals surface area (Å²) in [5, 5.41) is 11.8. The molecule has 0 amide bonds. The van der Waals surface area contributed by atoms with Crippen LogP contribution in [0.1, 0.15) is 32.0 Å². The molecule has 0 aromatic carbocycles. The lowest BCUT2D eigenvalue weighted by molar-refractivity contribution is -0.0319. The van der Waals surface area contributed by atoms with Gasteiger partial charge >= 0.3 is 0 Å². The van der Waals surface area contributed by atoms with E-state index in [1.54, 1.807) is 24.4 Å². The van der Waals surface area contributed by atoms with Crippen LogP contribution in [0.4, 0.5) is 4.39 Å². The van der Waals surface area contributed by atoms with E-state index < -0.39 is 17.9 Å². The van der Waals surface area contributed by atoms with Gasteiger partial charge in [-0.1, -0.05) is 20.8 Å². The van der Waals surface area contributed by atoms with Gasteiger partial charge in [0.15, 0.2) is 0 Å². The molecule has 8 heteroatoms. The number of halogens is 1. The van der Waals surface area contributed by atoms with Crippen LogP contribution in [0.2, 0.25) is 0 Å². The molecule has 152 valence electrons. The number of hydrogen-bond donors (Lipinski definition) is 1. The van der Waals surface area contributed by atoms with Crippen molar-refractivity contribution in [3.63, 3.8) is 0 Å². The Hall–Kier alpha value is -3.13. The van der Waals surface area contributed by atoms with Gasteiger partial charge in [0.05, 0.1) is 30.3 Å². The Morgan fingerprint density at radius 2 is 1.79 bits per heavy atom. The van der Waals surface area contributed by atoms with Crippen molar-refractivity contribution in [3.05, 3.63) is 60.4 Å². The van der Waals surface area contributed by atoms with Crippen LogP contribution in [0.25, 0.3) is 11.3 Å². The molecule has 7 nitrogen and oxygen atoms in total. The number of hydrogen-bond acceptors (Lipinski definition) is 7. The molecule has 29 heavy (non-hydrogen) atoms. The van der Waals surface area contributed by atoms with E-state index in [4.69, 9.17) is 9.47 Å². The normalized spacial score (nSPS) is 13.6. The fraction of sp³-hybridized carbons (Fsp3) is 0.333. The van der Waals surface area contributed by atoms with Crippen molar-refractivity contribution in [1.82, 2.24) is 19.9 Å². The van der Waals surface area contributed by atoms with E-state index in [9.17, 15) is 9.50 Å². The average molecular weight is 398 g/mol. The number of aliphatic hydroxyl groups is 1. The molecule has 0 saturated heterocycles. The average Bonchev–Trinajstić information content (AvgIpc) is 2.73. The fourth-order valence-corrected chi connectivity index (χ4v) is 3.11. The van der Waals surface area contributed by atoms with Crippen LogP contribution in [-0.2, 0) is 5.60 Å². The molecule has 0 fully saturated rings. The largest absolute Gasteiger partial charge is 0.481 e. The second-order valence-corrected chi connectivity index (χ2v) is 7.47. The molecule has 1 atom stereocenters. The van der Waals surface area contributed by atoms with E-state index in [0.29, 0.717) is 22.7 Å². The molecule has 0 saturated carbocycles. The summed E-state index contributed by atoms with van der Waals surface area (Å²) in [6, 6.07) is 6.90. The van der Waals surface area contributed by atoms with Gasteiger partial charge in [-0.15, -0.1) is 0 Å². The summed E-state index contributed by atoms with van der Waals surface area (Å²) >= 11 is 0. The van der Waals surface area contributed by atoms with Gasteiger partial charge < -0.3 is 14.6 Å². The molecule has 0 aliphatic heterocycles. The van der Waals surface area contributed by atoms with Crippen molar-refractivity contribution in [3.8, 4) is 22.9 Å². The molecule has 0 radical (unpaired) electrons. The lowest BCUT2D eigenvalue weighted by Crippen LogP contribution is -2.42. The number of pyridine rings is 2. The Bertz CT molecular complexity index is 959. The number of nitrogens with zero attached hydrogens (tertiary/aromatic N) is 4. The molecule has 0 spiro atoms. The van der Waals surface area contributed by atoms with Gasteiger partial charge in [0.25, 0.3) is 0 Å². The second kappa shape index (κ2) is 8.08. The van der Waals surface area contributed by atoms with E-state index in [0.717, 1.165) is 5.56 Å². The summed E-state index contributed by atoms with van der Waals surface area (Å²) in [7, 11) is 1.49. The highest BCUT2D eigenvalue weighted by Crippen LogP contribution is 2.46. The minimum absolute atomic E-state index is 0.286. The highest BCUT2D eigenvalue weighted by atomic mass is 19.1. The van der Waals surface area contributed by atoms with E-state index in [1.165, 1.54) is 25.8 Å². The smallest absolute Gasteiger partial charge is 0.228 e. The molecule has 0 aliphatic carbocycles. The lowest BCUT2D eigenvalue weighted by Gasteiger charge is -2.40. The molecular weight excluding hydrogens is 375 g/mol. The molecule has 0 aliphatic rings. The number of methoxy groups -OCH3 is 1. The minimum Gasteiger partial charge on any atom is -0.481 e. The van der Waals surface area contributed by atoms with Crippen molar-refractivity contribution in [2.24, 2.45) is 5.41 Å². The fourth-order valence-electron chi connectivity index (χ4n) is 3.11. The third-order valence-corrected chi connectivity index (χ3v) is 4.73. The molecule has 0 bridgehead atoms. The third-order valence-electron chi connectivity index (χ3n) is 4.73. The highest BCUT2D eigenvalue weighted by molar-refractivity contribution is 5.58. The maximum atomic E-state index is 12.2. The summed E-state index contributed by atoms with van der Waals surface area (Å²) in [5.41, 5.74) is 0.122. The van der Waals surface area contributed by atoms with Gasteiger partial charge in [0.2, 0.25) is 12.7 Å². The van der Waals surface area contributed by atoms with E-state index >= 15 is 0 Å². The Balaban J connectivity index is 2.02. The summed E-state index contributed by atoms with van der Waals surface area (Å²) in [6.07, 6.45) is 5.97. The van der Waals surface area contributed by atoms with Gasteiger partial charge in [-0.05, 0) is 24.3 Å². The first-order valence-corrected chi connectivity index (χ1v) is 9.00. The topological polar surface area (TPSA) is 90.3 Å². The number of rotatable bonds is 6. The second-order valence-electron chi connectivity index (χ2n) is 7.47. The zero-order valence-corrected chi connectivity index (χ0v) is 16.8. The lowest BCUT2D eigenvalue weighted by atomic mass is 9.70. The summed E-state index contributed by atoms with van der Waals surface area (Å²) < 4.78 is 22.4. The van der Waals surface area contributed by atoms with Crippen molar-refractivity contribution in [2.45, 2.75) is 26.4 Å². The van der Waals surface area contributed by atoms with E-state index in [2.05, 4.69) is 19.9 Å². The first kappa shape index (κ1) is 20.6. The van der Waals surface area contributed by atoms with Crippen LogP contribution >= 0.6 is 0 Å². The van der Waals surface area contributed by atoms with Crippen LogP contribution in [0.5, 0.6) is 11.6 Å². The Kier molecular flexibility index (Phi) is 5.74. The monoisotopic (exact) mass is 398 g/mol. The predicted octanol–water partition coefficient (Wildman–Crippen LogP) is 3.53. The Labute approximate surface area is 168 Å². The van der Waals surface area contributed by atoms with E-state index in [1.807, 2.05) is 26.8 Å². The van der Waals surface area contributed by atoms with Gasteiger partial charge in [-0.25, -0.2) is 14.4 Å². The van der Waals surface area contributed by atoms with Crippen LogP contribution in [0.15, 0.2) is 49.2 Å². The summed E-state index contributed by atoms with van der Waals surface area (Å²) in [4.78, 5) is 17.0. The van der Waals surface area contributed by atoms with Gasteiger partial charge in [0.1, 0.15) is 17.7 Å². The number of alkyl halides is 1. The molecule has 1 N–H and O–H groups in total. The highest BCUT2D eigenvalue weighted by Gasteiger charge is 2.47.